The van der Waals surface area contributed by atoms with Crippen LogP contribution < -0.4 is 16.0 Å². The molecular weight excluding hydrogens is 452 g/mol. The van der Waals surface area contributed by atoms with Crippen molar-refractivity contribution >= 4 is 35.3 Å². The summed E-state index contributed by atoms with van der Waals surface area (Å²) in [4.78, 5) is 51.2. The molecule has 1 heterocycles. The van der Waals surface area contributed by atoms with Gasteiger partial charge < -0.3 is 20.1 Å². The van der Waals surface area contributed by atoms with Gasteiger partial charge in [0.15, 0.2) is 0 Å². The maximum atomic E-state index is 13.2. The lowest BCUT2D eigenvalue weighted by Crippen LogP contribution is -2.51. The summed E-state index contributed by atoms with van der Waals surface area (Å²) in [7, 11) is 1.51. The molecule has 0 atom stereocenters. The molecule has 5 amide bonds. The molecule has 10 heteroatoms. The Morgan fingerprint density at radius 3 is 2.43 bits per heavy atom. The van der Waals surface area contributed by atoms with E-state index in [9.17, 15) is 19.2 Å². The number of carbonyl (C=O) groups is 4. The van der Waals surface area contributed by atoms with Crippen LogP contribution in [0.4, 0.5) is 21.0 Å². The molecule has 0 bridgehead atoms. The molecule has 10 nitrogen and oxygen atoms in total. The summed E-state index contributed by atoms with van der Waals surface area (Å²) in [5.41, 5.74) is 0.112. The number of amides is 5. The highest BCUT2D eigenvalue weighted by molar-refractivity contribution is 6.10. The number of methoxy groups -OCH3 is 1. The lowest BCUT2D eigenvalue weighted by molar-refractivity contribution is -0.135. The topological polar surface area (TPSA) is 126 Å². The molecule has 0 aromatic heterocycles. The third-order valence-electron chi connectivity index (χ3n) is 7.32. The molecule has 1 aliphatic heterocycles. The predicted molar refractivity (Wildman–Crippen MR) is 131 cm³/mol. The highest BCUT2D eigenvalue weighted by Crippen LogP contribution is 2.45. The Morgan fingerprint density at radius 1 is 1.14 bits per heavy atom. The molecule has 3 N–H and O–H groups in total. The van der Waals surface area contributed by atoms with E-state index in [1.165, 1.54) is 7.11 Å². The number of carbonyl (C=O) groups excluding carboxylic acids is 4. The van der Waals surface area contributed by atoms with Crippen molar-refractivity contribution in [2.75, 3.05) is 37.5 Å². The van der Waals surface area contributed by atoms with Crippen LogP contribution in [-0.4, -0.2) is 61.2 Å². The van der Waals surface area contributed by atoms with Crippen molar-refractivity contribution in [3.8, 4) is 0 Å². The van der Waals surface area contributed by atoms with E-state index in [1.807, 2.05) is 0 Å². The standard InChI is InChI=1S/C25H36N4O6/c1-5-24(2,3)17-9-11-25(12-10-17)21(31)29(22(32)28-25)16-20(30)26-18-7-6-8-19(15-18)27-23(33)35-14-13-34-4/h6-8,15,17H,5,9-14,16H2,1-4H3,(H,26,30)(H,27,33)(H,28,32). The first-order valence-electron chi connectivity index (χ1n) is 12.1. The van der Waals surface area contributed by atoms with Crippen LogP contribution in [0.2, 0.25) is 0 Å². The zero-order valence-electron chi connectivity index (χ0n) is 20.9. The SMILES string of the molecule is CCC(C)(C)C1CCC2(CC1)NC(=O)N(CC(=O)Nc1cccc(NC(=O)OCCOC)c1)C2=O. The van der Waals surface area contributed by atoms with E-state index in [0.717, 1.165) is 24.2 Å². The van der Waals surface area contributed by atoms with Crippen molar-refractivity contribution in [3.63, 3.8) is 0 Å². The van der Waals surface area contributed by atoms with Crippen LogP contribution in [0, 0.1) is 11.3 Å². The van der Waals surface area contributed by atoms with E-state index in [2.05, 4.69) is 36.7 Å². The smallest absolute Gasteiger partial charge is 0.411 e. The van der Waals surface area contributed by atoms with Gasteiger partial charge in [-0.25, -0.2) is 9.59 Å². The first kappa shape index (κ1) is 26.5. The molecule has 1 aromatic carbocycles. The van der Waals surface area contributed by atoms with Gasteiger partial charge in [0.05, 0.1) is 6.61 Å². The number of imide groups is 1. The van der Waals surface area contributed by atoms with Gasteiger partial charge in [0.25, 0.3) is 5.91 Å². The van der Waals surface area contributed by atoms with E-state index in [-0.39, 0.29) is 31.1 Å². The molecule has 1 spiro atoms. The predicted octanol–water partition coefficient (Wildman–Crippen LogP) is 3.74. The van der Waals surface area contributed by atoms with Crippen molar-refractivity contribution in [2.24, 2.45) is 11.3 Å². The second-order valence-electron chi connectivity index (χ2n) is 9.90. The zero-order chi connectivity index (χ0) is 25.6. The van der Waals surface area contributed by atoms with Gasteiger partial charge in [0, 0.05) is 18.5 Å². The lowest BCUT2D eigenvalue weighted by atomic mass is 9.65. The maximum Gasteiger partial charge on any atom is 0.411 e. The van der Waals surface area contributed by atoms with Crippen LogP contribution in [0.3, 0.4) is 0 Å². The van der Waals surface area contributed by atoms with E-state index >= 15 is 0 Å². The number of benzene rings is 1. The minimum Gasteiger partial charge on any atom is -0.447 e. The number of hydrogen-bond donors (Lipinski definition) is 3. The molecule has 3 rings (SSSR count). The van der Waals surface area contributed by atoms with Crippen LogP contribution in [0.15, 0.2) is 24.3 Å². The molecule has 2 fully saturated rings. The summed E-state index contributed by atoms with van der Waals surface area (Å²) in [5.74, 6) is -0.343. The minimum atomic E-state index is -0.912. The van der Waals surface area contributed by atoms with Gasteiger partial charge in [0.1, 0.15) is 18.7 Å². The molecule has 1 aliphatic carbocycles. The first-order valence-corrected chi connectivity index (χ1v) is 12.1. The van der Waals surface area contributed by atoms with Crippen molar-refractivity contribution in [1.82, 2.24) is 10.2 Å². The van der Waals surface area contributed by atoms with Gasteiger partial charge in [-0.1, -0.05) is 33.3 Å². The molecule has 0 radical (unpaired) electrons. The molecule has 1 saturated carbocycles. The summed E-state index contributed by atoms with van der Waals surface area (Å²) in [6.45, 7) is 6.68. The zero-order valence-corrected chi connectivity index (χ0v) is 20.9. The molecule has 1 aromatic rings. The number of ether oxygens (including phenoxy) is 2. The summed E-state index contributed by atoms with van der Waals surface area (Å²) in [6, 6.07) is 5.96. The monoisotopic (exact) mass is 488 g/mol. The van der Waals surface area contributed by atoms with Gasteiger partial charge in [-0.2, -0.15) is 0 Å². The number of nitrogens with zero attached hydrogens (tertiary/aromatic N) is 1. The second kappa shape index (κ2) is 11.1. The van der Waals surface area contributed by atoms with Gasteiger partial charge >= 0.3 is 12.1 Å². The fourth-order valence-corrected chi connectivity index (χ4v) is 4.73. The quantitative estimate of drug-likeness (QED) is 0.359. The van der Waals surface area contributed by atoms with Crippen molar-refractivity contribution < 1.29 is 28.7 Å². The highest BCUT2D eigenvalue weighted by atomic mass is 16.6. The molecule has 2 aliphatic rings. The molecular formula is C25H36N4O6. The summed E-state index contributed by atoms with van der Waals surface area (Å²) < 4.78 is 9.78. The third-order valence-corrected chi connectivity index (χ3v) is 7.32. The van der Waals surface area contributed by atoms with Crippen LogP contribution in [0.5, 0.6) is 0 Å². The number of rotatable bonds is 9. The second-order valence-corrected chi connectivity index (χ2v) is 9.90. The molecule has 0 unspecified atom stereocenters. The lowest BCUT2D eigenvalue weighted by Gasteiger charge is -2.42. The van der Waals surface area contributed by atoms with Crippen LogP contribution in [0.1, 0.15) is 52.9 Å². The number of hydrogen-bond acceptors (Lipinski definition) is 6. The molecule has 192 valence electrons. The summed E-state index contributed by atoms with van der Waals surface area (Å²) in [5, 5.41) is 8.11. The van der Waals surface area contributed by atoms with Gasteiger partial charge in [0.2, 0.25) is 5.91 Å². The van der Waals surface area contributed by atoms with Gasteiger partial charge in [-0.3, -0.25) is 19.8 Å². The van der Waals surface area contributed by atoms with Crippen molar-refractivity contribution in [1.29, 1.82) is 0 Å². The highest BCUT2D eigenvalue weighted by Gasteiger charge is 2.53. The van der Waals surface area contributed by atoms with Crippen molar-refractivity contribution in [2.45, 2.75) is 58.4 Å². The van der Waals surface area contributed by atoms with Gasteiger partial charge in [-0.05, 0) is 55.2 Å². The first-order chi connectivity index (χ1) is 16.6. The number of urea groups is 1. The van der Waals surface area contributed by atoms with Crippen LogP contribution >= 0.6 is 0 Å². The van der Waals surface area contributed by atoms with Crippen LogP contribution in [-0.2, 0) is 19.1 Å². The fraction of sp³-hybridized carbons (Fsp3) is 0.600. The van der Waals surface area contributed by atoms with Crippen LogP contribution in [0.25, 0.3) is 0 Å². The Bertz CT molecular complexity index is 955. The van der Waals surface area contributed by atoms with Crippen molar-refractivity contribution in [3.05, 3.63) is 24.3 Å². The molecule has 35 heavy (non-hydrogen) atoms. The fourth-order valence-electron chi connectivity index (χ4n) is 4.73. The number of nitrogens with one attached hydrogen (secondary N) is 3. The van der Waals surface area contributed by atoms with E-state index in [0.29, 0.717) is 30.1 Å². The average Bonchev–Trinajstić information content (AvgIpc) is 3.03. The van der Waals surface area contributed by atoms with Gasteiger partial charge in [-0.15, -0.1) is 0 Å². The Hall–Kier alpha value is -3.14. The Morgan fingerprint density at radius 2 is 1.80 bits per heavy atom. The molecule has 1 saturated heterocycles. The average molecular weight is 489 g/mol. The largest absolute Gasteiger partial charge is 0.447 e. The van der Waals surface area contributed by atoms with E-state index < -0.39 is 23.6 Å². The van der Waals surface area contributed by atoms with E-state index in [1.54, 1.807) is 24.3 Å². The Labute approximate surface area is 206 Å². The Kier molecular flexibility index (Phi) is 8.37. The summed E-state index contributed by atoms with van der Waals surface area (Å²) >= 11 is 0. The van der Waals surface area contributed by atoms with E-state index in [4.69, 9.17) is 9.47 Å². The summed E-state index contributed by atoms with van der Waals surface area (Å²) in [6.07, 6.45) is 3.30. The third kappa shape index (κ3) is 6.30. The number of anilines is 2. The Balaban J connectivity index is 1.56. The minimum absolute atomic E-state index is 0.114. The maximum absolute atomic E-state index is 13.2. The normalized spacial score (nSPS) is 22.2.